The third kappa shape index (κ3) is 2.53. The molecule has 90 valence electrons. The molecule has 1 N–H and O–H groups in total. The van der Waals surface area contributed by atoms with Gasteiger partial charge in [-0.1, -0.05) is 19.1 Å². The molecule has 0 amide bonds. The lowest BCUT2D eigenvalue weighted by Gasteiger charge is -2.10. The third-order valence-electron chi connectivity index (χ3n) is 2.75. The van der Waals surface area contributed by atoms with Crippen LogP contribution < -0.4 is 0 Å². The Morgan fingerprint density at radius 3 is 2.59 bits per heavy atom. The van der Waals surface area contributed by atoms with Gasteiger partial charge >= 0.3 is 0 Å². The Hall–Kier alpha value is -1.68. The Kier molecular flexibility index (Phi) is 3.54. The zero-order valence-corrected chi connectivity index (χ0v) is 9.73. The number of aromatic nitrogens is 2. The number of aliphatic hydroxyl groups excluding tert-OH is 1. The van der Waals surface area contributed by atoms with E-state index in [1.165, 1.54) is 12.1 Å². The summed E-state index contributed by atoms with van der Waals surface area (Å²) >= 11 is 0. The molecule has 0 saturated heterocycles. The lowest BCUT2D eigenvalue weighted by atomic mass is 10.2. The third-order valence-corrected chi connectivity index (χ3v) is 2.75. The van der Waals surface area contributed by atoms with Gasteiger partial charge in [0.2, 0.25) is 0 Å². The van der Waals surface area contributed by atoms with Crippen LogP contribution in [0.1, 0.15) is 24.0 Å². The van der Waals surface area contributed by atoms with Gasteiger partial charge in [0, 0.05) is 13.0 Å². The lowest BCUT2D eigenvalue weighted by molar-refractivity contribution is 0.271. The van der Waals surface area contributed by atoms with E-state index in [0.29, 0.717) is 6.54 Å². The average molecular weight is 234 g/mol. The minimum atomic E-state index is -0.238. The molecule has 0 atom stereocenters. The van der Waals surface area contributed by atoms with Gasteiger partial charge in [0.05, 0.1) is 18.5 Å². The quantitative estimate of drug-likeness (QED) is 0.880. The second kappa shape index (κ2) is 5.10. The molecule has 0 bridgehead atoms. The van der Waals surface area contributed by atoms with Gasteiger partial charge in [0.15, 0.2) is 0 Å². The van der Waals surface area contributed by atoms with E-state index in [2.05, 4.69) is 4.98 Å². The van der Waals surface area contributed by atoms with Gasteiger partial charge in [-0.15, -0.1) is 0 Å². The molecule has 0 aliphatic heterocycles. The van der Waals surface area contributed by atoms with E-state index in [4.69, 9.17) is 0 Å². The summed E-state index contributed by atoms with van der Waals surface area (Å²) in [7, 11) is 0. The summed E-state index contributed by atoms with van der Waals surface area (Å²) in [5.74, 6) is 0.691. The van der Waals surface area contributed by atoms with Crippen molar-refractivity contribution < 1.29 is 9.50 Å². The molecule has 1 aromatic heterocycles. The first-order valence-electron chi connectivity index (χ1n) is 5.63. The van der Waals surface area contributed by atoms with Crippen molar-refractivity contribution in [2.45, 2.75) is 26.5 Å². The van der Waals surface area contributed by atoms with Gasteiger partial charge in [-0.05, 0) is 17.7 Å². The molecule has 0 aliphatic carbocycles. The van der Waals surface area contributed by atoms with Gasteiger partial charge in [-0.2, -0.15) is 0 Å². The highest BCUT2D eigenvalue weighted by Crippen LogP contribution is 2.11. The molecule has 3 nitrogen and oxygen atoms in total. The van der Waals surface area contributed by atoms with Crippen molar-refractivity contribution >= 4 is 0 Å². The van der Waals surface area contributed by atoms with Crippen LogP contribution in [-0.2, 0) is 19.6 Å². The zero-order chi connectivity index (χ0) is 12.3. The van der Waals surface area contributed by atoms with Crippen molar-refractivity contribution in [1.29, 1.82) is 0 Å². The molecule has 0 aliphatic rings. The van der Waals surface area contributed by atoms with Crippen molar-refractivity contribution in [3.8, 4) is 0 Å². The molecular weight excluding hydrogens is 219 g/mol. The van der Waals surface area contributed by atoms with Crippen LogP contribution in [0.4, 0.5) is 4.39 Å². The maximum Gasteiger partial charge on any atom is 0.123 e. The Labute approximate surface area is 99.5 Å². The molecule has 2 aromatic rings. The van der Waals surface area contributed by atoms with Gasteiger partial charge in [-0.3, -0.25) is 0 Å². The minimum Gasteiger partial charge on any atom is -0.390 e. The van der Waals surface area contributed by atoms with Crippen molar-refractivity contribution in [3.05, 3.63) is 53.4 Å². The van der Waals surface area contributed by atoms with Crippen LogP contribution in [0.3, 0.4) is 0 Å². The normalized spacial score (nSPS) is 10.8. The van der Waals surface area contributed by atoms with E-state index >= 15 is 0 Å². The van der Waals surface area contributed by atoms with Crippen LogP contribution in [0.2, 0.25) is 0 Å². The molecule has 1 heterocycles. The van der Waals surface area contributed by atoms with Crippen LogP contribution in [0.15, 0.2) is 30.5 Å². The summed E-state index contributed by atoms with van der Waals surface area (Å²) in [4.78, 5) is 4.25. The molecular formula is C13H15FN2O. The molecule has 0 radical (unpaired) electrons. The number of halogens is 1. The summed E-state index contributed by atoms with van der Waals surface area (Å²) in [6, 6.07) is 6.37. The SMILES string of the molecule is CCc1ncc(CO)n1Cc1ccc(F)cc1. The van der Waals surface area contributed by atoms with Gasteiger partial charge in [0.25, 0.3) is 0 Å². The number of hydrogen-bond donors (Lipinski definition) is 1. The van der Waals surface area contributed by atoms with Gasteiger partial charge in [-0.25, -0.2) is 9.37 Å². The van der Waals surface area contributed by atoms with Crippen molar-refractivity contribution in [1.82, 2.24) is 9.55 Å². The molecule has 1 aromatic carbocycles. The van der Waals surface area contributed by atoms with E-state index in [0.717, 1.165) is 23.5 Å². The van der Waals surface area contributed by atoms with E-state index in [-0.39, 0.29) is 12.4 Å². The number of benzene rings is 1. The summed E-state index contributed by atoms with van der Waals surface area (Å²) in [6.45, 7) is 2.60. The Balaban J connectivity index is 2.28. The monoisotopic (exact) mass is 234 g/mol. The smallest absolute Gasteiger partial charge is 0.123 e. The van der Waals surface area contributed by atoms with Crippen molar-refractivity contribution in [2.75, 3.05) is 0 Å². The number of hydrogen-bond acceptors (Lipinski definition) is 2. The van der Waals surface area contributed by atoms with E-state index in [1.54, 1.807) is 18.3 Å². The summed E-state index contributed by atoms with van der Waals surface area (Å²) < 4.78 is 14.8. The Bertz CT molecular complexity index is 469. The van der Waals surface area contributed by atoms with E-state index < -0.39 is 0 Å². The fourth-order valence-corrected chi connectivity index (χ4v) is 1.83. The highest BCUT2D eigenvalue weighted by atomic mass is 19.1. The predicted molar refractivity (Wildman–Crippen MR) is 63.0 cm³/mol. The topological polar surface area (TPSA) is 38.1 Å². The number of nitrogens with zero attached hydrogens (tertiary/aromatic N) is 2. The van der Waals surface area contributed by atoms with Gasteiger partial charge in [0.1, 0.15) is 11.6 Å². The molecule has 17 heavy (non-hydrogen) atoms. The summed E-state index contributed by atoms with van der Waals surface area (Å²) in [6.07, 6.45) is 2.49. The lowest BCUT2D eigenvalue weighted by Crippen LogP contribution is -2.08. The van der Waals surface area contributed by atoms with E-state index in [1.807, 2.05) is 11.5 Å². The second-order valence-corrected chi connectivity index (χ2v) is 3.89. The van der Waals surface area contributed by atoms with Gasteiger partial charge < -0.3 is 9.67 Å². The molecule has 0 saturated carbocycles. The number of rotatable bonds is 4. The first-order chi connectivity index (χ1) is 8.24. The first-order valence-corrected chi connectivity index (χ1v) is 5.63. The fraction of sp³-hybridized carbons (Fsp3) is 0.308. The highest BCUT2D eigenvalue weighted by molar-refractivity contribution is 5.18. The van der Waals surface area contributed by atoms with E-state index in [9.17, 15) is 9.50 Å². The summed E-state index contributed by atoms with van der Waals surface area (Å²) in [5.41, 5.74) is 1.78. The summed E-state index contributed by atoms with van der Waals surface area (Å²) in [5, 5.41) is 9.23. The van der Waals surface area contributed by atoms with Crippen molar-refractivity contribution in [2.24, 2.45) is 0 Å². The number of aliphatic hydroxyl groups is 1. The molecule has 0 spiro atoms. The first kappa shape index (κ1) is 11.8. The van der Waals surface area contributed by atoms with Crippen LogP contribution >= 0.6 is 0 Å². The zero-order valence-electron chi connectivity index (χ0n) is 9.73. The maximum absolute atomic E-state index is 12.8. The standard InChI is InChI=1S/C13H15FN2O/c1-2-13-15-7-12(9-17)16(13)8-10-3-5-11(14)6-4-10/h3-7,17H,2,8-9H2,1H3. The number of aryl methyl sites for hydroxylation is 1. The number of imidazole rings is 1. The van der Waals surface area contributed by atoms with Crippen LogP contribution in [0.5, 0.6) is 0 Å². The van der Waals surface area contributed by atoms with Crippen LogP contribution in [0, 0.1) is 5.82 Å². The Morgan fingerprint density at radius 1 is 1.29 bits per heavy atom. The molecule has 2 rings (SSSR count). The van der Waals surface area contributed by atoms with Crippen molar-refractivity contribution in [3.63, 3.8) is 0 Å². The highest BCUT2D eigenvalue weighted by Gasteiger charge is 2.08. The largest absolute Gasteiger partial charge is 0.390 e. The molecule has 4 heteroatoms. The predicted octanol–water partition coefficient (Wildman–Crippen LogP) is 2.13. The van der Waals surface area contributed by atoms with Crippen LogP contribution in [-0.4, -0.2) is 14.7 Å². The maximum atomic E-state index is 12.8. The minimum absolute atomic E-state index is 0.0335. The second-order valence-electron chi connectivity index (χ2n) is 3.89. The van der Waals surface area contributed by atoms with Crippen LogP contribution in [0.25, 0.3) is 0 Å². The average Bonchev–Trinajstić information content (AvgIpc) is 2.74. The Morgan fingerprint density at radius 2 is 2.00 bits per heavy atom. The molecule has 0 fully saturated rings. The fourth-order valence-electron chi connectivity index (χ4n) is 1.83. The molecule has 0 unspecified atom stereocenters.